The molecule has 0 heterocycles. The summed E-state index contributed by atoms with van der Waals surface area (Å²) in [4.78, 5) is 10.6. The number of hydrogen-bond acceptors (Lipinski definition) is 1. The fourth-order valence-electron chi connectivity index (χ4n) is 0.807. The lowest BCUT2D eigenvalue weighted by atomic mass is 10.1. The summed E-state index contributed by atoms with van der Waals surface area (Å²) in [5.74, 6) is -1.01. The van der Waals surface area contributed by atoms with Crippen LogP contribution in [0.3, 0.4) is 0 Å². The van der Waals surface area contributed by atoms with Gasteiger partial charge in [-0.1, -0.05) is 12.6 Å². The number of carbonyl (C=O) groups is 1. The quantitative estimate of drug-likeness (QED) is 0.851. The van der Waals surface area contributed by atoms with Crippen LogP contribution in [0, 0.1) is 0 Å². The van der Waals surface area contributed by atoms with Gasteiger partial charge in [0.25, 0.3) is 0 Å². The number of hydrogen-bond donors (Lipinski definition) is 1. The Morgan fingerprint density at radius 2 is 1.92 bits per heavy atom. The smallest absolute Gasteiger partial charge is 0.335 e. The van der Waals surface area contributed by atoms with Gasteiger partial charge in [-0.2, -0.15) is 0 Å². The van der Waals surface area contributed by atoms with E-state index >= 15 is 0 Å². The van der Waals surface area contributed by atoms with E-state index in [1.807, 2.05) is 0 Å². The normalized spacial score (nSPS) is 9.69. The van der Waals surface area contributed by atoms with Gasteiger partial charge in [-0.3, -0.25) is 0 Å². The second-order valence-corrected chi connectivity index (χ2v) is 4.12. The molecule has 0 spiro atoms. The minimum atomic E-state index is -1.01. The van der Waals surface area contributed by atoms with Gasteiger partial charge >= 0.3 is 5.97 Å². The first-order chi connectivity index (χ1) is 6.02. The maximum atomic E-state index is 10.6. The van der Waals surface area contributed by atoms with Gasteiger partial charge in [0.05, 0.1) is 5.57 Å². The molecule has 0 saturated carbocycles. The molecule has 0 fully saturated rings. The van der Waals surface area contributed by atoms with Crippen LogP contribution in [0.2, 0.25) is 0 Å². The third-order valence-corrected chi connectivity index (χ3v) is 3.41. The minimum Gasteiger partial charge on any atom is -0.478 e. The topological polar surface area (TPSA) is 37.3 Å². The summed E-state index contributed by atoms with van der Waals surface area (Å²) in [5, 5.41) is 8.67. The van der Waals surface area contributed by atoms with Crippen LogP contribution in [0.25, 0.3) is 5.57 Å². The van der Waals surface area contributed by atoms with Gasteiger partial charge in [0, 0.05) is 8.95 Å². The molecule has 1 aromatic carbocycles. The van der Waals surface area contributed by atoms with Crippen molar-refractivity contribution >= 4 is 43.4 Å². The highest BCUT2D eigenvalue weighted by atomic mass is 79.9. The highest BCUT2D eigenvalue weighted by Crippen LogP contribution is 2.26. The van der Waals surface area contributed by atoms with Crippen molar-refractivity contribution in [3.8, 4) is 0 Å². The van der Waals surface area contributed by atoms with E-state index in [9.17, 15) is 4.79 Å². The van der Waals surface area contributed by atoms with Gasteiger partial charge in [0.1, 0.15) is 0 Å². The molecule has 0 unspecified atom stereocenters. The van der Waals surface area contributed by atoms with E-state index in [0.717, 1.165) is 8.95 Å². The Kier molecular flexibility index (Phi) is 3.27. The van der Waals surface area contributed by atoms with E-state index in [-0.39, 0.29) is 5.57 Å². The SMILES string of the molecule is C=C(C(=O)O)c1ccc(Br)c(Br)c1. The number of carboxylic acids is 1. The van der Waals surface area contributed by atoms with Crippen molar-refractivity contribution in [2.24, 2.45) is 0 Å². The van der Waals surface area contributed by atoms with E-state index in [1.165, 1.54) is 0 Å². The highest BCUT2D eigenvalue weighted by Gasteiger charge is 2.08. The van der Waals surface area contributed by atoms with E-state index in [1.54, 1.807) is 18.2 Å². The van der Waals surface area contributed by atoms with E-state index in [2.05, 4.69) is 38.4 Å². The zero-order valence-corrected chi connectivity index (χ0v) is 9.72. The Hall–Kier alpha value is -0.610. The van der Waals surface area contributed by atoms with Crippen LogP contribution in [-0.4, -0.2) is 11.1 Å². The molecule has 0 aliphatic heterocycles. The Labute approximate surface area is 92.5 Å². The Morgan fingerprint density at radius 3 is 2.38 bits per heavy atom. The fourth-order valence-corrected chi connectivity index (χ4v) is 1.43. The van der Waals surface area contributed by atoms with Gasteiger partial charge in [-0.05, 0) is 49.6 Å². The molecule has 13 heavy (non-hydrogen) atoms. The molecule has 0 aromatic heterocycles. The molecule has 0 amide bonds. The second kappa shape index (κ2) is 4.07. The molecule has 4 heteroatoms. The van der Waals surface area contributed by atoms with Gasteiger partial charge < -0.3 is 5.11 Å². The molecule has 0 aliphatic carbocycles. The first-order valence-corrected chi connectivity index (χ1v) is 4.98. The summed E-state index contributed by atoms with van der Waals surface area (Å²) in [5.41, 5.74) is 0.691. The van der Waals surface area contributed by atoms with Crippen molar-refractivity contribution < 1.29 is 9.90 Å². The second-order valence-electron chi connectivity index (χ2n) is 2.41. The average molecular weight is 306 g/mol. The van der Waals surface area contributed by atoms with Crippen molar-refractivity contribution in [2.45, 2.75) is 0 Å². The number of halogens is 2. The van der Waals surface area contributed by atoms with Crippen molar-refractivity contribution in [2.75, 3.05) is 0 Å². The number of aliphatic carboxylic acids is 1. The van der Waals surface area contributed by atoms with Crippen molar-refractivity contribution in [1.82, 2.24) is 0 Å². The molecule has 0 saturated heterocycles. The predicted octanol–water partition coefficient (Wildman–Crippen LogP) is 3.31. The first-order valence-electron chi connectivity index (χ1n) is 3.40. The Balaban J connectivity index is 3.11. The summed E-state index contributed by atoms with van der Waals surface area (Å²) in [7, 11) is 0. The van der Waals surface area contributed by atoms with Crippen LogP contribution >= 0.6 is 31.9 Å². The van der Waals surface area contributed by atoms with Gasteiger partial charge in [-0.25, -0.2) is 4.79 Å². The van der Waals surface area contributed by atoms with Crippen LogP contribution in [0.4, 0.5) is 0 Å². The highest BCUT2D eigenvalue weighted by molar-refractivity contribution is 9.13. The molecule has 1 aromatic rings. The zero-order valence-electron chi connectivity index (χ0n) is 6.55. The number of rotatable bonds is 2. The van der Waals surface area contributed by atoms with Gasteiger partial charge in [0.2, 0.25) is 0 Å². The summed E-state index contributed by atoms with van der Waals surface area (Å²) < 4.78 is 1.70. The zero-order chi connectivity index (χ0) is 10.0. The van der Waals surface area contributed by atoms with Crippen LogP contribution in [-0.2, 0) is 4.79 Å². The molecular formula is C9H6Br2O2. The average Bonchev–Trinajstić information content (AvgIpc) is 2.08. The summed E-state index contributed by atoms with van der Waals surface area (Å²) in [6.07, 6.45) is 0. The molecule has 68 valence electrons. The number of benzene rings is 1. The standard InChI is InChI=1S/C9H6Br2O2/c1-5(9(12)13)6-2-3-7(10)8(11)4-6/h2-4H,1H2,(H,12,13). The summed E-state index contributed by atoms with van der Waals surface area (Å²) in [6.45, 7) is 3.46. The number of carboxylic acid groups (broad SMARTS) is 1. The molecule has 0 bridgehead atoms. The minimum absolute atomic E-state index is 0.0909. The third kappa shape index (κ3) is 2.42. The van der Waals surface area contributed by atoms with Crippen LogP contribution < -0.4 is 0 Å². The molecular weight excluding hydrogens is 300 g/mol. The van der Waals surface area contributed by atoms with Crippen LogP contribution in [0.1, 0.15) is 5.56 Å². The van der Waals surface area contributed by atoms with Gasteiger partial charge in [0.15, 0.2) is 0 Å². The Morgan fingerprint density at radius 1 is 1.31 bits per heavy atom. The molecule has 0 atom stereocenters. The lowest BCUT2D eigenvalue weighted by Crippen LogP contribution is -1.97. The van der Waals surface area contributed by atoms with E-state index < -0.39 is 5.97 Å². The summed E-state index contributed by atoms with van der Waals surface area (Å²) in [6, 6.07) is 5.18. The lowest BCUT2D eigenvalue weighted by Gasteiger charge is -2.02. The van der Waals surface area contributed by atoms with Gasteiger partial charge in [-0.15, -0.1) is 0 Å². The van der Waals surface area contributed by atoms with E-state index in [0.29, 0.717) is 5.56 Å². The largest absolute Gasteiger partial charge is 0.478 e. The van der Waals surface area contributed by atoms with Crippen molar-refractivity contribution in [3.63, 3.8) is 0 Å². The third-order valence-electron chi connectivity index (χ3n) is 1.53. The monoisotopic (exact) mass is 304 g/mol. The molecule has 1 N–H and O–H groups in total. The lowest BCUT2D eigenvalue weighted by molar-refractivity contribution is -0.130. The molecule has 0 aliphatic rings. The maximum Gasteiger partial charge on any atom is 0.335 e. The van der Waals surface area contributed by atoms with Crippen LogP contribution in [0.5, 0.6) is 0 Å². The Bertz CT molecular complexity index is 372. The fraction of sp³-hybridized carbons (Fsp3) is 0. The molecule has 2 nitrogen and oxygen atoms in total. The van der Waals surface area contributed by atoms with Crippen molar-refractivity contribution in [3.05, 3.63) is 39.3 Å². The first kappa shape index (κ1) is 10.5. The molecule has 1 rings (SSSR count). The predicted molar refractivity (Wildman–Crippen MR) is 58.5 cm³/mol. The maximum absolute atomic E-state index is 10.6. The summed E-state index contributed by atoms with van der Waals surface area (Å²) >= 11 is 6.57. The van der Waals surface area contributed by atoms with E-state index in [4.69, 9.17) is 5.11 Å². The molecule has 0 radical (unpaired) electrons. The van der Waals surface area contributed by atoms with Crippen LogP contribution in [0.15, 0.2) is 33.7 Å². The van der Waals surface area contributed by atoms with Crippen molar-refractivity contribution in [1.29, 1.82) is 0 Å².